The Bertz CT molecular complexity index is 490. The summed E-state index contributed by atoms with van der Waals surface area (Å²) in [5.74, 6) is 0.237. The fraction of sp³-hybridized carbons (Fsp3) is 0.529. The Morgan fingerprint density at radius 2 is 2.14 bits per heavy atom. The van der Waals surface area contributed by atoms with Crippen LogP contribution < -0.4 is 5.32 Å². The van der Waals surface area contributed by atoms with E-state index in [1.165, 1.54) is 0 Å². The molecule has 5 heteroatoms. The van der Waals surface area contributed by atoms with Gasteiger partial charge in [-0.25, -0.2) is 4.79 Å². The van der Waals surface area contributed by atoms with Crippen LogP contribution in [-0.4, -0.2) is 36.0 Å². The first-order valence-corrected chi connectivity index (χ1v) is 7.92. The fourth-order valence-electron chi connectivity index (χ4n) is 2.56. The van der Waals surface area contributed by atoms with Gasteiger partial charge >= 0.3 is 6.09 Å². The number of carbonyl (C=O) groups is 2. The maximum atomic E-state index is 12.0. The average molecular weight is 304 g/mol. The predicted octanol–water partition coefficient (Wildman–Crippen LogP) is 2.70. The molecule has 1 atom stereocenters. The van der Waals surface area contributed by atoms with Crippen LogP contribution in [0, 0.1) is 0 Å². The lowest BCUT2D eigenvalue weighted by molar-refractivity contribution is -0.117. The zero-order valence-electron chi connectivity index (χ0n) is 13.1. The second kappa shape index (κ2) is 8.54. The van der Waals surface area contributed by atoms with Gasteiger partial charge in [0.25, 0.3) is 0 Å². The third-order valence-corrected chi connectivity index (χ3v) is 3.83. The number of amides is 1. The topological polar surface area (TPSA) is 58.6 Å². The molecule has 1 saturated heterocycles. The van der Waals surface area contributed by atoms with Gasteiger partial charge in [-0.15, -0.1) is 0 Å². The van der Waals surface area contributed by atoms with E-state index in [4.69, 9.17) is 4.74 Å². The number of hydrogen-bond donors (Lipinski definition) is 1. The molecule has 0 radical (unpaired) electrons. The lowest BCUT2D eigenvalue weighted by Gasteiger charge is -2.27. The molecule has 120 valence electrons. The summed E-state index contributed by atoms with van der Waals surface area (Å²) in [5, 5.41) is 2.90. The molecule has 22 heavy (non-hydrogen) atoms. The van der Waals surface area contributed by atoms with Crippen molar-refractivity contribution in [3.8, 4) is 0 Å². The molecule has 0 saturated carbocycles. The Morgan fingerprint density at radius 3 is 2.77 bits per heavy atom. The van der Waals surface area contributed by atoms with Crippen LogP contribution in [0.5, 0.6) is 0 Å². The van der Waals surface area contributed by atoms with Crippen LogP contribution >= 0.6 is 0 Å². The van der Waals surface area contributed by atoms with Crippen molar-refractivity contribution in [3.63, 3.8) is 0 Å². The standard InChI is InChI=1S/C17H24N2O3/c1-2-3-9-16(19-11-10-15(20)12-19)18-17(21)22-13-14-7-5-4-6-8-14/h4-8,16H,2-3,9-13H2,1H3,(H,18,21). The number of carbonyl (C=O) groups excluding carboxylic acids is 2. The summed E-state index contributed by atoms with van der Waals surface area (Å²) in [5.41, 5.74) is 0.958. The molecule has 0 spiro atoms. The second-order valence-electron chi connectivity index (χ2n) is 5.62. The Labute approximate surface area is 131 Å². The third-order valence-electron chi connectivity index (χ3n) is 3.83. The first-order valence-electron chi connectivity index (χ1n) is 7.92. The Kier molecular flexibility index (Phi) is 6.40. The number of unbranched alkanes of at least 4 members (excludes halogenated alkanes) is 1. The highest BCUT2D eigenvalue weighted by Gasteiger charge is 2.27. The predicted molar refractivity (Wildman–Crippen MR) is 84.3 cm³/mol. The first-order chi connectivity index (χ1) is 10.7. The van der Waals surface area contributed by atoms with Gasteiger partial charge in [0, 0.05) is 13.0 Å². The molecule has 1 amide bonds. The van der Waals surface area contributed by atoms with E-state index >= 15 is 0 Å². The number of nitrogens with one attached hydrogen (secondary N) is 1. The third kappa shape index (κ3) is 5.15. The van der Waals surface area contributed by atoms with Gasteiger partial charge in [0.2, 0.25) is 0 Å². The summed E-state index contributed by atoms with van der Waals surface area (Å²) in [6.07, 6.45) is 2.93. The van der Waals surface area contributed by atoms with Gasteiger partial charge in [-0.3, -0.25) is 9.69 Å². The SMILES string of the molecule is CCCCC(NC(=O)OCc1ccccc1)N1CCC(=O)C1. The summed E-state index contributed by atoms with van der Waals surface area (Å²) in [7, 11) is 0. The van der Waals surface area contributed by atoms with Crippen molar-refractivity contribution >= 4 is 11.9 Å². The van der Waals surface area contributed by atoms with E-state index < -0.39 is 6.09 Å². The molecule has 5 nitrogen and oxygen atoms in total. The van der Waals surface area contributed by atoms with Crippen LogP contribution in [0.25, 0.3) is 0 Å². The molecule has 0 aromatic heterocycles. The van der Waals surface area contributed by atoms with Gasteiger partial charge in [0.15, 0.2) is 0 Å². The molecule has 1 fully saturated rings. The maximum Gasteiger partial charge on any atom is 0.408 e. The number of nitrogens with zero attached hydrogens (tertiary/aromatic N) is 1. The number of ether oxygens (including phenoxy) is 1. The van der Waals surface area contributed by atoms with Crippen molar-refractivity contribution in [3.05, 3.63) is 35.9 Å². The molecule has 2 rings (SSSR count). The molecule has 1 aliphatic heterocycles. The fourth-order valence-corrected chi connectivity index (χ4v) is 2.56. The lowest BCUT2D eigenvalue weighted by atomic mass is 10.2. The second-order valence-corrected chi connectivity index (χ2v) is 5.62. The summed E-state index contributed by atoms with van der Waals surface area (Å²) in [6.45, 7) is 3.51. The van der Waals surface area contributed by atoms with Crippen LogP contribution in [0.15, 0.2) is 30.3 Å². The number of rotatable bonds is 7. The highest BCUT2D eigenvalue weighted by atomic mass is 16.5. The van der Waals surface area contributed by atoms with Crippen molar-refractivity contribution in [2.75, 3.05) is 13.1 Å². The molecule has 1 aliphatic rings. The van der Waals surface area contributed by atoms with Crippen molar-refractivity contribution in [1.29, 1.82) is 0 Å². The van der Waals surface area contributed by atoms with E-state index in [2.05, 4.69) is 12.2 Å². The number of benzene rings is 1. The zero-order valence-corrected chi connectivity index (χ0v) is 13.1. The van der Waals surface area contributed by atoms with Crippen LogP contribution in [0.4, 0.5) is 4.79 Å². The Balaban J connectivity index is 1.83. The quantitative estimate of drug-likeness (QED) is 0.841. The van der Waals surface area contributed by atoms with E-state index in [0.717, 1.165) is 24.8 Å². The summed E-state index contributed by atoms with van der Waals surface area (Å²) < 4.78 is 5.26. The molecule has 1 heterocycles. The van der Waals surface area contributed by atoms with Crippen molar-refractivity contribution in [2.45, 2.75) is 45.4 Å². The highest BCUT2D eigenvalue weighted by molar-refractivity contribution is 5.82. The van der Waals surface area contributed by atoms with Gasteiger partial charge in [0.1, 0.15) is 12.4 Å². The van der Waals surface area contributed by atoms with Crippen LogP contribution in [-0.2, 0) is 16.1 Å². The smallest absolute Gasteiger partial charge is 0.408 e. The summed E-state index contributed by atoms with van der Waals surface area (Å²) in [6, 6.07) is 9.59. The van der Waals surface area contributed by atoms with Crippen LogP contribution in [0.2, 0.25) is 0 Å². The minimum Gasteiger partial charge on any atom is -0.445 e. The molecule has 1 N–H and O–H groups in total. The minimum atomic E-state index is -0.427. The number of hydrogen-bond acceptors (Lipinski definition) is 4. The molecule has 0 bridgehead atoms. The van der Waals surface area contributed by atoms with Crippen molar-refractivity contribution in [1.82, 2.24) is 10.2 Å². The maximum absolute atomic E-state index is 12.0. The monoisotopic (exact) mass is 304 g/mol. The first kappa shape index (κ1) is 16.5. The Morgan fingerprint density at radius 1 is 1.36 bits per heavy atom. The molecule has 1 aromatic carbocycles. The minimum absolute atomic E-state index is 0.116. The summed E-state index contributed by atoms with van der Waals surface area (Å²) in [4.78, 5) is 25.5. The molecule has 1 unspecified atom stereocenters. The van der Waals surface area contributed by atoms with E-state index in [1.54, 1.807) is 0 Å². The van der Waals surface area contributed by atoms with Crippen molar-refractivity contribution < 1.29 is 14.3 Å². The van der Waals surface area contributed by atoms with Gasteiger partial charge in [-0.1, -0.05) is 50.1 Å². The van der Waals surface area contributed by atoms with E-state index in [0.29, 0.717) is 19.5 Å². The van der Waals surface area contributed by atoms with Crippen molar-refractivity contribution in [2.24, 2.45) is 0 Å². The number of likely N-dealkylation sites (tertiary alicyclic amines) is 1. The summed E-state index contributed by atoms with van der Waals surface area (Å²) >= 11 is 0. The lowest BCUT2D eigenvalue weighted by Crippen LogP contribution is -2.47. The number of ketones is 1. The number of Topliss-reactive ketones (excluding diaryl/α,β-unsaturated/α-hetero) is 1. The van der Waals surface area contributed by atoms with Gasteiger partial charge in [-0.2, -0.15) is 0 Å². The van der Waals surface area contributed by atoms with Gasteiger partial charge in [-0.05, 0) is 12.0 Å². The van der Waals surface area contributed by atoms with Gasteiger partial charge < -0.3 is 10.1 Å². The van der Waals surface area contributed by atoms with E-state index in [1.807, 2.05) is 35.2 Å². The van der Waals surface area contributed by atoms with Crippen LogP contribution in [0.3, 0.4) is 0 Å². The van der Waals surface area contributed by atoms with Crippen LogP contribution in [0.1, 0.15) is 38.2 Å². The van der Waals surface area contributed by atoms with Gasteiger partial charge in [0.05, 0.1) is 12.7 Å². The number of alkyl carbamates (subject to hydrolysis) is 1. The largest absolute Gasteiger partial charge is 0.445 e. The highest BCUT2D eigenvalue weighted by Crippen LogP contribution is 2.13. The Hall–Kier alpha value is -1.88. The van der Waals surface area contributed by atoms with E-state index in [9.17, 15) is 9.59 Å². The average Bonchev–Trinajstić information content (AvgIpc) is 2.97. The molecule has 0 aliphatic carbocycles. The zero-order chi connectivity index (χ0) is 15.8. The molecular formula is C17H24N2O3. The molecular weight excluding hydrogens is 280 g/mol. The molecule has 1 aromatic rings. The normalized spacial score (nSPS) is 16.5. The van der Waals surface area contributed by atoms with E-state index in [-0.39, 0.29) is 18.6 Å².